The summed E-state index contributed by atoms with van der Waals surface area (Å²) in [5.41, 5.74) is 5.32. The number of ether oxygens (including phenoxy) is 1. The summed E-state index contributed by atoms with van der Waals surface area (Å²) in [5.74, 6) is -0.0246. The third-order valence-corrected chi connectivity index (χ3v) is 4.41. The van der Waals surface area contributed by atoms with Crippen LogP contribution in [0.3, 0.4) is 0 Å². The Morgan fingerprint density at radius 3 is 3.06 bits per heavy atom. The largest absolute Gasteiger partial charge is 0.379 e. The number of carbonyl (C=O) groups is 1. The highest BCUT2D eigenvalue weighted by Crippen LogP contribution is 2.28. The van der Waals surface area contributed by atoms with Crippen molar-refractivity contribution in [3.8, 4) is 0 Å². The average Bonchev–Trinajstić information content (AvgIpc) is 2.90. The standard InChI is InChI=1S/C12H18N2O2S/c1-8(9-4-3-5-17-9)14-11(15)12(2)7-16-6-10(12)13/h3-5,8,10H,6-7,13H2,1-2H3,(H,14,15)/t8-,10?,12?/m0/s1. The smallest absolute Gasteiger partial charge is 0.230 e. The zero-order valence-corrected chi connectivity index (χ0v) is 10.9. The van der Waals surface area contributed by atoms with Crippen molar-refractivity contribution in [2.45, 2.75) is 25.9 Å². The Hall–Kier alpha value is -0.910. The molecule has 3 N–H and O–H groups in total. The number of amides is 1. The second-order valence-electron chi connectivity index (χ2n) is 4.75. The fraction of sp³-hybridized carbons (Fsp3) is 0.583. The Balaban J connectivity index is 2.02. The van der Waals surface area contributed by atoms with Crippen LogP contribution in [-0.4, -0.2) is 25.2 Å². The molecule has 3 atom stereocenters. The lowest BCUT2D eigenvalue weighted by Crippen LogP contribution is -2.50. The van der Waals surface area contributed by atoms with Gasteiger partial charge in [-0.1, -0.05) is 6.07 Å². The van der Waals surface area contributed by atoms with Gasteiger partial charge in [-0.2, -0.15) is 0 Å². The van der Waals surface area contributed by atoms with Gasteiger partial charge in [0.15, 0.2) is 0 Å². The van der Waals surface area contributed by atoms with Gasteiger partial charge in [-0.25, -0.2) is 0 Å². The van der Waals surface area contributed by atoms with Crippen LogP contribution in [0.4, 0.5) is 0 Å². The molecule has 4 nitrogen and oxygen atoms in total. The topological polar surface area (TPSA) is 64.3 Å². The molecule has 1 aliphatic heterocycles. The van der Waals surface area contributed by atoms with Crippen LogP contribution < -0.4 is 11.1 Å². The van der Waals surface area contributed by atoms with Crippen molar-refractivity contribution < 1.29 is 9.53 Å². The molecule has 1 aliphatic rings. The van der Waals surface area contributed by atoms with E-state index < -0.39 is 5.41 Å². The molecule has 0 bridgehead atoms. The van der Waals surface area contributed by atoms with E-state index in [4.69, 9.17) is 10.5 Å². The van der Waals surface area contributed by atoms with E-state index in [1.54, 1.807) is 11.3 Å². The molecule has 1 aromatic heterocycles. The van der Waals surface area contributed by atoms with Gasteiger partial charge in [-0.05, 0) is 25.3 Å². The van der Waals surface area contributed by atoms with E-state index >= 15 is 0 Å². The van der Waals surface area contributed by atoms with E-state index in [0.29, 0.717) is 13.2 Å². The summed E-state index contributed by atoms with van der Waals surface area (Å²) in [4.78, 5) is 13.4. The van der Waals surface area contributed by atoms with Crippen LogP contribution in [-0.2, 0) is 9.53 Å². The molecule has 17 heavy (non-hydrogen) atoms. The normalized spacial score (nSPS) is 30.2. The maximum atomic E-state index is 12.2. The number of nitrogens with one attached hydrogen (secondary N) is 1. The van der Waals surface area contributed by atoms with Crippen molar-refractivity contribution >= 4 is 17.2 Å². The fourth-order valence-corrected chi connectivity index (χ4v) is 2.63. The maximum Gasteiger partial charge on any atom is 0.230 e. The van der Waals surface area contributed by atoms with E-state index in [1.807, 2.05) is 31.4 Å². The summed E-state index contributed by atoms with van der Waals surface area (Å²) in [6.45, 7) is 4.70. The van der Waals surface area contributed by atoms with Gasteiger partial charge >= 0.3 is 0 Å². The fourth-order valence-electron chi connectivity index (χ4n) is 1.89. The first-order chi connectivity index (χ1) is 8.04. The number of rotatable bonds is 3. The Kier molecular flexibility index (Phi) is 3.51. The number of nitrogens with two attached hydrogens (primary N) is 1. The lowest BCUT2D eigenvalue weighted by atomic mass is 9.84. The molecule has 1 saturated heterocycles. The minimum absolute atomic E-state index is 0.0205. The Morgan fingerprint density at radius 2 is 2.53 bits per heavy atom. The van der Waals surface area contributed by atoms with Gasteiger partial charge in [0.05, 0.1) is 24.7 Å². The first-order valence-corrected chi connectivity index (χ1v) is 6.59. The predicted octanol–water partition coefficient (Wildman–Crippen LogP) is 1.29. The van der Waals surface area contributed by atoms with Gasteiger partial charge < -0.3 is 15.8 Å². The van der Waals surface area contributed by atoms with E-state index in [-0.39, 0.29) is 18.0 Å². The molecule has 5 heteroatoms. The molecule has 0 aromatic carbocycles. The van der Waals surface area contributed by atoms with Crippen LogP contribution in [0, 0.1) is 5.41 Å². The number of thiophene rings is 1. The summed E-state index contributed by atoms with van der Waals surface area (Å²) in [5, 5.41) is 5.01. The molecule has 1 aromatic rings. The maximum absolute atomic E-state index is 12.2. The van der Waals surface area contributed by atoms with Crippen LogP contribution >= 0.6 is 11.3 Å². The van der Waals surface area contributed by atoms with Gasteiger partial charge in [0.25, 0.3) is 0 Å². The summed E-state index contributed by atoms with van der Waals surface area (Å²) in [6.07, 6.45) is 0. The van der Waals surface area contributed by atoms with E-state index in [9.17, 15) is 4.79 Å². The number of hydrogen-bond acceptors (Lipinski definition) is 4. The van der Waals surface area contributed by atoms with Gasteiger partial charge in [-0.3, -0.25) is 4.79 Å². The SMILES string of the molecule is C[C@H](NC(=O)C1(C)COCC1N)c1cccs1. The Labute approximate surface area is 105 Å². The van der Waals surface area contributed by atoms with E-state index in [0.717, 1.165) is 4.88 Å². The zero-order chi connectivity index (χ0) is 12.5. The van der Waals surface area contributed by atoms with Crippen LogP contribution in [0.2, 0.25) is 0 Å². The molecule has 2 unspecified atom stereocenters. The quantitative estimate of drug-likeness (QED) is 0.854. The van der Waals surface area contributed by atoms with Crippen LogP contribution in [0.25, 0.3) is 0 Å². The minimum Gasteiger partial charge on any atom is -0.379 e. The summed E-state index contributed by atoms with van der Waals surface area (Å²) >= 11 is 1.64. The third-order valence-electron chi connectivity index (χ3n) is 3.35. The zero-order valence-electron chi connectivity index (χ0n) is 10.1. The minimum atomic E-state index is -0.606. The highest BCUT2D eigenvalue weighted by molar-refractivity contribution is 7.10. The van der Waals surface area contributed by atoms with Crippen molar-refractivity contribution in [2.75, 3.05) is 13.2 Å². The molecule has 2 heterocycles. The second-order valence-corrected chi connectivity index (χ2v) is 5.73. The molecule has 1 fully saturated rings. The Morgan fingerprint density at radius 1 is 1.76 bits per heavy atom. The average molecular weight is 254 g/mol. The molecule has 2 rings (SSSR count). The monoisotopic (exact) mass is 254 g/mol. The van der Waals surface area contributed by atoms with Crippen molar-refractivity contribution in [3.63, 3.8) is 0 Å². The second kappa shape index (κ2) is 4.76. The lowest BCUT2D eigenvalue weighted by Gasteiger charge is -2.27. The van der Waals surface area contributed by atoms with Gasteiger partial charge in [0.2, 0.25) is 5.91 Å². The molecule has 0 saturated carbocycles. The molecule has 0 radical (unpaired) electrons. The van der Waals surface area contributed by atoms with Gasteiger partial charge in [0.1, 0.15) is 0 Å². The van der Waals surface area contributed by atoms with Crippen LogP contribution in [0.1, 0.15) is 24.8 Å². The van der Waals surface area contributed by atoms with Crippen molar-refractivity contribution in [1.82, 2.24) is 5.32 Å². The molecule has 94 valence electrons. The van der Waals surface area contributed by atoms with Crippen LogP contribution in [0.15, 0.2) is 17.5 Å². The molecular weight excluding hydrogens is 236 g/mol. The molecule has 0 aliphatic carbocycles. The lowest BCUT2D eigenvalue weighted by molar-refractivity contribution is -0.131. The Bertz CT molecular complexity index is 393. The van der Waals surface area contributed by atoms with Crippen LogP contribution in [0.5, 0.6) is 0 Å². The van der Waals surface area contributed by atoms with E-state index in [2.05, 4.69) is 5.32 Å². The summed E-state index contributed by atoms with van der Waals surface area (Å²) in [7, 11) is 0. The first-order valence-electron chi connectivity index (χ1n) is 5.72. The number of carbonyl (C=O) groups excluding carboxylic acids is 1. The van der Waals surface area contributed by atoms with Crippen molar-refractivity contribution in [3.05, 3.63) is 22.4 Å². The molecule has 1 amide bonds. The van der Waals surface area contributed by atoms with Crippen molar-refractivity contribution in [2.24, 2.45) is 11.1 Å². The first kappa shape index (κ1) is 12.5. The van der Waals surface area contributed by atoms with Gasteiger partial charge in [0, 0.05) is 10.9 Å². The summed E-state index contributed by atoms with van der Waals surface area (Å²) < 4.78 is 5.28. The third kappa shape index (κ3) is 2.36. The van der Waals surface area contributed by atoms with E-state index in [1.165, 1.54) is 0 Å². The number of hydrogen-bond donors (Lipinski definition) is 2. The van der Waals surface area contributed by atoms with Crippen molar-refractivity contribution in [1.29, 1.82) is 0 Å². The summed E-state index contributed by atoms with van der Waals surface area (Å²) in [6, 6.07) is 3.79. The highest BCUT2D eigenvalue weighted by Gasteiger charge is 2.44. The molecular formula is C12H18N2O2S. The molecule has 0 spiro atoms. The predicted molar refractivity (Wildman–Crippen MR) is 67.8 cm³/mol. The highest BCUT2D eigenvalue weighted by atomic mass is 32.1. The van der Waals surface area contributed by atoms with Gasteiger partial charge in [-0.15, -0.1) is 11.3 Å².